The van der Waals surface area contributed by atoms with Crippen LogP contribution < -0.4 is 20.9 Å². The summed E-state index contributed by atoms with van der Waals surface area (Å²) in [6.45, 7) is 2.30. The molecule has 1 unspecified atom stereocenters. The van der Waals surface area contributed by atoms with Crippen LogP contribution in [0.15, 0.2) is 83.4 Å². The van der Waals surface area contributed by atoms with E-state index in [1.165, 1.54) is 6.07 Å². The van der Waals surface area contributed by atoms with Crippen molar-refractivity contribution in [3.8, 4) is 0 Å². The van der Waals surface area contributed by atoms with Crippen molar-refractivity contribution in [3.63, 3.8) is 0 Å². The maximum absolute atomic E-state index is 12.8. The van der Waals surface area contributed by atoms with Crippen molar-refractivity contribution in [2.75, 3.05) is 22.1 Å². The van der Waals surface area contributed by atoms with Crippen LogP contribution in [0.2, 0.25) is 0 Å². The van der Waals surface area contributed by atoms with E-state index in [1.54, 1.807) is 60.4 Å². The van der Waals surface area contributed by atoms with Crippen LogP contribution in [-0.4, -0.2) is 40.6 Å². The van der Waals surface area contributed by atoms with Crippen LogP contribution in [0.25, 0.3) is 0 Å². The van der Waals surface area contributed by atoms with Crippen LogP contribution in [0.5, 0.6) is 0 Å². The van der Waals surface area contributed by atoms with E-state index in [1.807, 2.05) is 24.3 Å². The largest absolute Gasteiger partial charge is 0.481 e. The summed E-state index contributed by atoms with van der Waals surface area (Å²) < 4.78 is 4.95. The average molecular weight is 582 g/mol. The Hall–Kier alpha value is -5.45. The van der Waals surface area contributed by atoms with Gasteiger partial charge in [-0.3, -0.25) is 19.3 Å². The number of aryl methyl sites for hydroxylation is 1. The van der Waals surface area contributed by atoms with Crippen molar-refractivity contribution >= 4 is 40.9 Å². The zero-order valence-corrected chi connectivity index (χ0v) is 23.5. The standard InChI is InChI=1S/C32H31N5O6/c1-20-18-27(36-43-20)31(41)35-26(14-15-30(39)40)22-8-12-24(13-9-22)33-29(38)19-21-6-10-25(11-7-21)34-32(42)37-17-16-23-4-2-3-5-28(23)37/h2-13,18,26H,14-17,19H2,1H3,(H,33,38)(H,34,42)(H,35,41)(H,39,40). The number of hydrogen-bond donors (Lipinski definition) is 4. The number of aromatic nitrogens is 1. The number of hydrogen-bond acceptors (Lipinski definition) is 6. The van der Waals surface area contributed by atoms with Gasteiger partial charge in [-0.1, -0.05) is 47.6 Å². The summed E-state index contributed by atoms with van der Waals surface area (Å²) >= 11 is 0. The van der Waals surface area contributed by atoms with Crippen molar-refractivity contribution in [1.82, 2.24) is 10.5 Å². The van der Waals surface area contributed by atoms with E-state index in [4.69, 9.17) is 9.63 Å². The molecule has 0 saturated carbocycles. The topological polar surface area (TPSA) is 154 Å². The van der Waals surface area contributed by atoms with Crippen molar-refractivity contribution in [2.45, 2.75) is 38.6 Å². The van der Waals surface area contributed by atoms with Crippen molar-refractivity contribution in [1.29, 1.82) is 0 Å². The average Bonchev–Trinajstić information content (AvgIpc) is 3.63. The minimum Gasteiger partial charge on any atom is -0.481 e. The number of nitrogens with one attached hydrogen (secondary N) is 3. The lowest BCUT2D eigenvalue weighted by Crippen LogP contribution is -2.33. The van der Waals surface area contributed by atoms with Gasteiger partial charge in [0.25, 0.3) is 5.91 Å². The van der Waals surface area contributed by atoms with Gasteiger partial charge in [-0.15, -0.1) is 0 Å². The number of carboxylic acid groups (broad SMARTS) is 1. The Balaban J connectivity index is 1.15. The number of para-hydroxylation sites is 1. The highest BCUT2D eigenvalue weighted by molar-refractivity contribution is 6.03. The van der Waals surface area contributed by atoms with E-state index >= 15 is 0 Å². The molecule has 1 aliphatic rings. The lowest BCUT2D eigenvalue weighted by Gasteiger charge is -2.18. The number of carboxylic acids is 1. The summed E-state index contributed by atoms with van der Waals surface area (Å²) in [5, 5.41) is 21.4. The summed E-state index contributed by atoms with van der Waals surface area (Å²) in [6.07, 6.45) is 0.983. The summed E-state index contributed by atoms with van der Waals surface area (Å²) in [6, 6.07) is 22.5. The van der Waals surface area contributed by atoms with Crippen molar-refractivity contribution < 1.29 is 28.8 Å². The first-order chi connectivity index (χ1) is 20.7. The lowest BCUT2D eigenvalue weighted by atomic mass is 10.0. The predicted molar refractivity (Wildman–Crippen MR) is 160 cm³/mol. The van der Waals surface area contributed by atoms with Gasteiger partial charge in [0.15, 0.2) is 5.69 Å². The molecule has 11 heteroatoms. The molecule has 5 rings (SSSR count). The fourth-order valence-corrected chi connectivity index (χ4v) is 4.93. The Morgan fingerprint density at radius 3 is 2.35 bits per heavy atom. The first-order valence-corrected chi connectivity index (χ1v) is 13.9. The molecule has 220 valence electrons. The second-order valence-electron chi connectivity index (χ2n) is 10.3. The number of amides is 4. The molecule has 1 aliphatic heterocycles. The molecule has 0 fully saturated rings. The molecular formula is C32H31N5O6. The monoisotopic (exact) mass is 581 g/mol. The van der Waals surface area contributed by atoms with Gasteiger partial charge in [0.2, 0.25) is 5.91 Å². The summed E-state index contributed by atoms with van der Waals surface area (Å²) in [7, 11) is 0. The van der Waals surface area contributed by atoms with Gasteiger partial charge in [-0.2, -0.15) is 0 Å². The van der Waals surface area contributed by atoms with Crippen molar-refractivity contribution in [2.24, 2.45) is 0 Å². The predicted octanol–water partition coefficient (Wildman–Crippen LogP) is 5.09. The Morgan fingerprint density at radius 1 is 0.953 bits per heavy atom. The number of carbonyl (C=O) groups is 4. The van der Waals surface area contributed by atoms with E-state index in [9.17, 15) is 19.2 Å². The van der Waals surface area contributed by atoms with Gasteiger partial charge in [0.1, 0.15) is 5.76 Å². The molecule has 0 radical (unpaired) electrons. The quantitative estimate of drug-likeness (QED) is 0.203. The fraction of sp³-hybridized carbons (Fsp3) is 0.219. The highest BCUT2D eigenvalue weighted by atomic mass is 16.5. The first kappa shape index (κ1) is 29.1. The molecule has 1 aromatic heterocycles. The molecule has 0 spiro atoms. The number of fused-ring (bicyclic) bond motifs is 1. The smallest absolute Gasteiger partial charge is 0.326 e. The van der Waals surface area contributed by atoms with Gasteiger partial charge < -0.3 is 25.6 Å². The van der Waals surface area contributed by atoms with E-state index in [-0.39, 0.29) is 36.9 Å². The Bertz CT molecular complexity index is 1630. The maximum atomic E-state index is 12.8. The second-order valence-corrected chi connectivity index (χ2v) is 10.3. The van der Waals surface area contributed by atoms with Crippen LogP contribution in [0, 0.1) is 6.92 Å². The zero-order chi connectivity index (χ0) is 30.3. The molecule has 0 saturated heterocycles. The van der Waals surface area contributed by atoms with Gasteiger partial charge in [0, 0.05) is 36.1 Å². The minimum atomic E-state index is -0.979. The third-order valence-electron chi connectivity index (χ3n) is 7.11. The van der Waals surface area contributed by atoms with Crippen molar-refractivity contribution in [3.05, 3.63) is 107 Å². The molecule has 4 amide bonds. The third-order valence-corrected chi connectivity index (χ3v) is 7.11. The molecule has 4 N–H and O–H groups in total. The lowest BCUT2D eigenvalue weighted by molar-refractivity contribution is -0.137. The second kappa shape index (κ2) is 13.0. The first-order valence-electron chi connectivity index (χ1n) is 13.9. The van der Waals surface area contributed by atoms with Crippen LogP contribution in [0.1, 0.15) is 51.8 Å². The minimum absolute atomic E-state index is 0.106. The maximum Gasteiger partial charge on any atom is 0.326 e. The molecule has 0 bridgehead atoms. The fourth-order valence-electron chi connectivity index (χ4n) is 4.93. The highest BCUT2D eigenvalue weighted by Crippen LogP contribution is 2.28. The van der Waals surface area contributed by atoms with Gasteiger partial charge >= 0.3 is 12.0 Å². The van der Waals surface area contributed by atoms with E-state index in [0.717, 1.165) is 23.2 Å². The molecule has 1 atom stereocenters. The van der Waals surface area contributed by atoms with Crippen LogP contribution in [-0.2, 0) is 22.4 Å². The van der Waals surface area contributed by atoms with Crippen LogP contribution >= 0.6 is 0 Å². The number of aliphatic carboxylic acids is 1. The van der Waals surface area contributed by atoms with E-state index in [0.29, 0.717) is 29.2 Å². The number of urea groups is 1. The number of benzene rings is 3. The molecule has 2 heterocycles. The highest BCUT2D eigenvalue weighted by Gasteiger charge is 2.24. The third kappa shape index (κ3) is 7.45. The summed E-state index contributed by atoms with van der Waals surface area (Å²) in [5.74, 6) is -1.20. The Kier molecular flexibility index (Phi) is 8.80. The number of carbonyl (C=O) groups excluding carboxylic acids is 3. The normalized spacial score (nSPS) is 12.7. The summed E-state index contributed by atoms with van der Waals surface area (Å²) in [4.78, 5) is 51.0. The van der Waals surface area contributed by atoms with Crippen LogP contribution in [0.3, 0.4) is 0 Å². The molecule has 4 aromatic rings. The Labute approximate surface area is 247 Å². The molecule has 0 aliphatic carbocycles. The van der Waals surface area contributed by atoms with Gasteiger partial charge in [0.05, 0.1) is 12.5 Å². The van der Waals surface area contributed by atoms with Gasteiger partial charge in [-0.05, 0) is 66.8 Å². The molecule has 11 nitrogen and oxygen atoms in total. The Morgan fingerprint density at radius 2 is 1.65 bits per heavy atom. The van der Waals surface area contributed by atoms with E-state index in [2.05, 4.69) is 21.1 Å². The van der Waals surface area contributed by atoms with Gasteiger partial charge in [-0.25, -0.2) is 4.79 Å². The number of rotatable bonds is 10. The molecule has 43 heavy (non-hydrogen) atoms. The molecule has 3 aromatic carbocycles. The van der Waals surface area contributed by atoms with E-state index < -0.39 is 17.9 Å². The number of nitrogens with zero attached hydrogens (tertiary/aromatic N) is 2. The molecular weight excluding hydrogens is 550 g/mol. The van der Waals surface area contributed by atoms with Crippen LogP contribution in [0.4, 0.5) is 21.9 Å². The summed E-state index contributed by atoms with van der Waals surface area (Å²) in [5.41, 5.74) is 4.83. The number of anilines is 3. The zero-order valence-electron chi connectivity index (χ0n) is 23.5. The SMILES string of the molecule is Cc1cc(C(=O)NC(CCC(=O)O)c2ccc(NC(=O)Cc3ccc(NC(=O)N4CCc5ccccc54)cc3)cc2)no1.